The Morgan fingerprint density at radius 3 is 2.57 bits per heavy atom. The first kappa shape index (κ1) is 14.5. The summed E-state index contributed by atoms with van der Waals surface area (Å²) in [5.41, 5.74) is 3.02. The maximum absolute atomic E-state index is 6.55. The van der Waals surface area contributed by atoms with Crippen LogP contribution in [-0.2, 0) is 6.54 Å². The number of rotatable bonds is 2. The number of methoxy groups -OCH3 is 2. The minimum absolute atomic E-state index is 0.615. The zero-order chi connectivity index (χ0) is 15.0. The summed E-state index contributed by atoms with van der Waals surface area (Å²) in [6.07, 6.45) is 4.75. The third-order valence-corrected chi connectivity index (χ3v) is 4.74. The van der Waals surface area contributed by atoms with Gasteiger partial charge in [-0.15, -0.1) is 0 Å². The van der Waals surface area contributed by atoms with Crippen LogP contribution in [0.4, 0.5) is 5.69 Å². The maximum Gasteiger partial charge on any atom is 0.180 e. The molecule has 1 aromatic carbocycles. The molecule has 114 valence electrons. The van der Waals surface area contributed by atoms with Gasteiger partial charge in [-0.1, -0.05) is 18.0 Å². The zero-order valence-corrected chi connectivity index (χ0v) is 13.6. The molecular formula is C16H21ClN2O2. The lowest BCUT2D eigenvalue weighted by atomic mass is 10.0. The van der Waals surface area contributed by atoms with E-state index in [1.54, 1.807) is 14.2 Å². The summed E-state index contributed by atoms with van der Waals surface area (Å²) in [6.45, 7) is 3.89. The Labute approximate surface area is 130 Å². The first-order valence-electron chi connectivity index (χ1n) is 7.42. The summed E-state index contributed by atoms with van der Waals surface area (Å²) in [7, 11) is 3.26. The molecule has 3 rings (SSSR count). The number of ether oxygens (including phenoxy) is 2. The largest absolute Gasteiger partial charge is 0.492 e. The monoisotopic (exact) mass is 308 g/mol. The van der Waals surface area contributed by atoms with E-state index in [2.05, 4.69) is 4.90 Å². The molecular weight excluding hydrogens is 288 g/mol. The fourth-order valence-electron chi connectivity index (χ4n) is 3.24. The summed E-state index contributed by atoms with van der Waals surface area (Å²) < 4.78 is 10.9. The predicted octanol–water partition coefficient (Wildman–Crippen LogP) is 4.09. The van der Waals surface area contributed by atoms with Gasteiger partial charge in [0.25, 0.3) is 0 Å². The highest BCUT2D eigenvalue weighted by Crippen LogP contribution is 2.48. The molecule has 0 unspecified atom stereocenters. The molecule has 0 aromatic heterocycles. The Kier molecular flexibility index (Phi) is 3.98. The van der Waals surface area contributed by atoms with Crippen LogP contribution in [0.5, 0.6) is 11.5 Å². The minimum atomic E-state index is 0.615. The highest BCUT2D eigenvalue weighted by molar-refractivity contribution is 6.33. The topological polar surface area (TPSA) is 34.1 Å². The van der Waals surface area contributed by atoms with E-state index < -0.39 is 0 Å². The Bertz CT molecular complexity index is 599. The molecule has 0 aliphatic carbocycles. The van der Waals surface area contributed by atoms with E-state index in [4.69, 9.17) is 26.1 Å². The minimum Gasteiger partial charge on any atom is -0.492 e. The molecule has 0 atom stereocenters. The van der Waals surface area contributed by atoms with Crippen molar-refractivity contribution in [2.24, 2.45) is 4.99 Å². The van der Waals surface area contributed by atoms with Crippen molar-refractivity contribution in [3.8, 4) is 11.5 Å². The lowest BCUT2D eigenvalue weighted by molar-refractivity contribution is 0.350. The van der Waals surface area contributed by atoms with Crippen molar-refractivity contribution in [2.45, 2.75) is 39.2 Å². The van der Waals surface area contributed by atoms with Gasteiger partial charge in [-0.2, -0.15) is 0 Å². The fraction of sp³-hybridized carbons (Fsp3) is 0.562. The quantitative estimate of drug-likeness (QED) is 0.825. The molecule has 1 aromatic rings. The Morgan fingerprint density at radius 1 is 1.10 bits per heavy atom. The van der Waals surface area contributed by atoms with Gasteiger partial charge in [0.05, 0.1) is 24.9 Å². The molecule has 0 N–H and O–H groups in total. The molecule has 0 saturated carbocycles. The third kappa shape index (κ3) is 2.35. The van der Waals surface area contributed by atoms with Gasteiger partial charge < -0.3 is 14.4 Å². The lowest BCUT2D eigenvalue weighted by Gasteiger charge is -2.31. The van der Waals surface area contributed by atoms with Crippen LogP contribution in [-0.4, -0.2) is 31.5 Å². The number of amidine groups is 1. The summed E-state index contributed by atoms with van der Waals surface area (Å²) in [6, 6.07) is 0. The molecule has 1 fully saturated rings. The van der Waals surface area contributed by atoms with Gasteiger partial charge in [0.15, 0.2) is 11.5 Å². The van der Waals surface area contributed by atoms with E-state index in [0.717, 1.165) is 36.3 Å². The second-order valence-electron chi connectivity index (χ2n) is 5.59. The Balaban J connectivity index is 2.17. The van der Waals surface area contributed by atoms with Gasteiger partial charge in [-0.3, -0.25) is 0 Å². The molecule has 0 radical (unpaired) electrons. The van der Waals surface area contributed by atoms with Gasteiger partial charge in [0.1, 0.15) is 5.84 Å². The average molecular weight is 309 g/mol. The van der Waals surface area contributed by atoms with E-state index in [0.29, 0.717) is 16.5 Å². The van der Waals surface area contributed by atoms with E-state index >= 15 is 0 Å². The average Bonchev–Trinajstić information content (AvgIpc) is 2.73. The molecule has 2 aliphatic heterocycles. The number of nitrogens with zero attached hydrogens (tertiary/aromatic N) is 2. The number of fused-ring (bicyclic) bond motifs is 2. The van der Waals surface area contributed by atoms with Crippen LogP contribution in [0.1, 0.15) is 36.8 Å². The van der Waals surface area contributed by atoms with Crippen molar-refractivity contribution in [3.05, 3.63) is 16.1 Å². The molecule has 2 heterocycles. The van der Waals surface area contributed by atoms with Crippen LogP contribution < -0.4 is 9.47 Å². The highest BCUT2D eigenvalue weighted by Gasteiger charge is 2.28. The van der Waals surface area contributed by atoms with Gasteiger partial charge in [0, 0.05) is 30.6 Å². The van der Waals surface area contributed by atoms with Gasteiger partial charge >= 0.3 is 0 Å². The van der Waals surface area contributed by atoms with Crippen LogP contribution in [0.3, 0.4) is 0 Å². The van der Waals surface area contributed by atoms with Crippen molar-refractivity contribution in [2.75, 3.05) is 20.8 Å². The molecule has 0 amide bonds. The molecule has 4 nitrogen and oxygen atoms in total. The molecule has 0 spiro atoms. The number of halogens is 1. The van der Waals surface area contributed by atoms with Crippen molar-refractivity contribution >= 4 is 23.1 Å². The van der Waals surface area contributed by atoms with E-state index in [-0.39, 0.29) is 0 Å². The fourth-order valence-corrected chi connectivity index (χ4v) is 3.55. The standard InChI is InChI=1S/C16H21ClN2O2/c1-10-14-11(13(17)16(21-3)15(10)20-2)9-19-8-6-4-5-7-12(19)18-14/h4-9H2,1-3H3. The second-order valence-corrected chi connectivity index (χ2v) is 5.97. The van der Waals surface area contributed by atoms with E-state index in [1.807, 2.05) is 6.92 Å². The summed E-state index contributed by atoms with van der Waals surface area (Å²) >= 11 is 6.55. The highest BCUT2D eigenvalue weighted by atomic mass is 35.5. The number of hydrogen-bond donors (Lipinski definition) is 0. The number of hydrogen-bond acceptors (Lipinski definition) is 4. The van der Waals surface area contributed by atoms with Gasteiger partial charge in [-0.25, -0.2) is 4.99 Å². The van der Waals surface area contributed by atoms with E-state index in [1.165, 1.54) is 25.1 Å². The molecule has 2 aliphatic rings. The first-order valence-corrected chi connectivity index (χ1v) is 7.80. The summed E-state index contributed by atoms with van der Waals surface area (Å²) in [5, 5.41) is 0.627. The van der Waals surface area contributed by atoms with Crippen LogP contribution >= 0.6 is 11.6 Å². The second kappa shape index (κ2) is 5.76. The third-order valence-electron chi connectivity index (χ3n) is 4.34. The van der Waals surface area contributed by atoms with Gasteiger partial charge in [0.2, 0.25) is 0 Å². The lowest BCUT2D eigenvalue weighted by Crippen LogP contribution is -2.32. The van der Waals surface area contributed by atoms with Crippen LogP contribution in [0.2, 0.25) is 5.02 Å². The smallest absolute Gasteiger partial charge is 0.180 e. The normalized spacial score (nSPS) is 17.5. The van der Waals surface area contributed by atoms with Crippen LogP contribution in [0.25, 0.3) is 0 Å². The maximum atomic E-state index is 6.55. The summed E-state index contributed by atoms with van der Waals surface area (Å²) in [4.78, 5) is 7.25. The number of benzene rings is 1. The van der Waals surface area contributed by atoms with Crippen LogP contribution in [0.15, 0.2) is 4.99 Å². The molecule has 21 heavy (non-hydrogen) atoms. The van der Waals surface area contributed by atoms with Crippen molar-refractivity contribution < 1.29 is 9.47 Å². The van der Waals surface area contributed by atoms with Crippen molar-refractivity contribution in [1.29, 1.82) is 0 Å². The predicted molar refractivity (Wildman–Crippen MR) is 85.3 cm³/mol. The van der Waals surface area contributed by atoms with Crippen molar-refractivity contribution in [1.82, 2.24) is 4.90 Å². The van der Waals surface area contributed by atoms with Crippen LogP contribution in [0, 0.1) is 6.92 Å². The van der Waals surface area contributed by atoms with Gasteiger partial charge in [-0.05, 0) is 19.8 Å². The Morgan fingerprint density at radius 2 is 1.86 bits per heavy atom. The molecule has 0 bridgehead atoms. The van der Waals surface area contributed by atoms with Crippen molar-refractivity contribution in [3.63, 3.8) is 0 Å². The zero-order valence-electron chi connectivity index (χ0n) is 12.8. The molecule has 1 saturated heterocycles. The number of aliphatic imine (C=N–C) groups is 1. The Hall–Kier alpha value is -1.42. The van der Waals surface area contributed by atoms with E-state index in [9.17, 15) is 0 Å². The summed E-state index contributed by atoms with van der Waals surface area (Å²) in [5.74, 6) is 2.49. The first-order chi connectivity index (χ1) is 10.2. The SMILES string of the molecule is COc1c(C)c2c(c(Cl)c1OC)CN1CCCCCC1=N2. The molecule has 5 heteroatoms.